The zero-order chi connectivity index (χ0) is 33.5. The quantitative estimate of drug-likeness (QED) is 0.186. The Morgan fingerprint density at radius 3 is 1.49 bits per heavy atom. The number of benzene rings is 8. The summed E-state index contributed by atoms with van der Waals surface area (Å²) in [4.78, 5) is 0. The predicted octanol–water partition coefficient (Wildman–Crippen LogP) is 13.1. The maximum absolute atomic E-state index is 6.78. The number of rotatable bonds is 4. The third kappa shape index (κ3) is 4.19. The van der Waals surface area contributed by atoms with Crippen LogP contribution >= 0.6 is 0 Å². The minimum absolute atomic E-state index is 0.875. The molecule has 0 N–H and O–H groups in total. The third-order valence-corrected chi connectivity index (χ3v) is 10.5. The molecule has 0 saturated heterocycles. The van der Waals surface area contributed by atoms with Gasteiger partial charge in [0.25, 0.3) is 0 Å². The van der Waals surface area contributed by atoms with E-state index in [4.69, 9.17) is 4.42 Å². The second-order valence-electron chi connectivity index (χ2n) is 13.3. The first-order chi connectivity index (χ1) is 25.3. The van der Waals surface area contributed by atoms with E-state index in [1.165, 1.54) is 54.8 Å². The van der Waals surface area contributed by atoms with E-state index in [9.17, 15) is 0 Å². The minimum Gasteiger partial charge on any atom is -0.454 e. The number of fused-ring (bicyclic) bond motifs is 9. The van der Waals surface area contributed by atoms with Crippen LogP contribution in [0.2, 0.25) is 0 Å². The molecule has 0 atom stereocenters. The first-order valence-electron chi connectivity index (χ1n) is 17.4. The van der Waals surface area contributed by atoms with Crippen LogP contribution in [0.4, 0.5) is 0 Å². The molecule has 0 aliphatic heterocycles. The summed E-state index contributed by atoms with van der Waals surface area (Å²) in [6, 6.07) is 65.4. The van der Waals surface area contributed by atoms with Gasteiger partial charge in [-0.05, 0) is 82.9 Å². The lowest BCUT2D eigenvalue weighted by molar-refractivity contribution is 0.666. The van der Waals surface area contributed by atoms with Crippen molar-refractivity contribution in [1.29, 1.82) is 0 Å². The van der Waals surface area contributed by atoms with Crippen molar-refractivity contribution in [2.45, 2.75) is 0 Å². The highest BCUT2D eigenvalue weighted by Crippen LogP contribution is 2.41. The molecule has 0 aliphatic carbocycles. The predicted molar refractivity (Wildman–Crippen MR) is 213 cm³/mol. The first kappa shape index (κ1) is 28.0. The van der Waals surface area contributed by atoms with E-state index in [0.717, 1.165) is 44.3 Å². The highest BCUT2D eigenvalue weighted by molar-refractivity contribution is 6.14. The van der Waals surface area contributed by atoms with Crippen molar-refractivity contribution < 1.29 is 4.42 Å². The number of nitrogens with zero attached hydrogens (tertiary/aromatic N) is 2. The van der Waals surface area contributed by atoms with Gasteiger partial charge in [0.2, 0.25) is 0 Å². The van der Waals surface area contributed by atoms with Gasteiger partial charge in [-0.2, -0.15) is 0 Å². The average molecular weight is 651 g/mol. The van der Waals surface area contributed by atoms with Crippen LogP contribution in [-0.2, 0) is 0 Å². The van der Waals surface area contributed by atoms with Crippen LogP contribution in [0.3, 0.4) is 0 Å². The monoisotopic (exact) mass is 650 g/mol. The largest absolute Gasteiger partial charge is 0.454 e. The van der Waals surface area contributed by atoms with Crippen LogP contribution < -0.4 is 0 Å². The fraction of sp³-hybridized carbons (Fsp3) is 0. The molecule has 0 radical (unpaired) electrons. The van der Waals surface area contributed by atoms with Crippen LogP contribution in [0.15, 0.2) is 186 Å². The molecular formula is C48H30N2O. The van der Waals surface area contributed by atoms with Crippen molar-refractivity contribution >= 4 is 65.6 Å². The van der Waals surface area contributed by atoms with Gasteiger partial charge in [-0.1, -0.05) is 121 Å². The second kappa shape index (κ2) is 10.8. The molecule has 0 bridgehead atoms. The van der Waals surface area contributed by atoms with Crippen molar-refractivity contribution in [3.8, 4) is 33.6 Å². The molecule has 0 saturated carbocycles. The van der Waals surface area contributed by atoms with Crippen molar-refractivity contribution in [3.63, 3.8) is 0 Å². The summed E-state index contributed by atoms with van der Waals surface area (Å²) in [5.41, 5.74) is 13.5. The molecule has 3 nitrogen and oxygen atoms in total. The summed E-state index contributed by atoms with van der Waals surface area (Å²) in [7, 11) is 0. The molecule has 0 unspecified atom stereocenters. The zero-order valence-corrected chi connectivity index (χ0v) is 27.6. The maximum atomic E-state index is 6.78. The number of hydrogen-bond acceptors (Lipinski definition) is 1. The zero-order valence-electron chi connectivity index (χ0n) is 27.6. The van der Waals surface area contributed by atoms with E-state index in [1.807, 2.05) is 0 Å². The fourth-order valence-corrected chi connectivity index (χ4v) is 8.19. The third-order valence-electron chi connectivity index (χ3n) is 10.5. The van der Waals surface area contributed by atoms with E-state index in [2.05, 4.69) is 191 Å². The van der Waals surface area contributed by atoms with Crippen LogP contribution in [0.5, 0.6) is 0 Å². The molecule has 0 amide bonds. The maximum Gasteiger partial charge on any atom is 0.159 e. The fourth-order valence-electron chi connectivity index (χ4n) is 8.19. The Bertz CT molecular complexity index is 3130. The highest BCUT2D eigenvalue weighted by atomic mass is 16.3. The first-order valence-corrected chi connectivity index (χ1v) is 17.4. The molecule has 238 valence electrons. The van der Waals surface area contributed by atoms with Gasteiger partial charge >= 0.3 is 0 Å². The van der Waals surface area contributed by atoms with Gasteiger partial charge in [-0.15, -0.1) is 0 Å². The molecule has 3 heteroatoms. The van der Waals surface area contributed by atoms with Crippen LogP contribution in [0.1, 0.15) is 0 Å². The average Bonchev–Trinajstić information content (AvgIpc) is 3.85. The smallest absolute Gasteiger partial charge is 0.159 e. The molecule has 11 aromatic rings. The minimum atomic E-state index is 0.875. The SMILES string of the molecule is c1ccc(-c2ccc3c(c2)c2ccccc2n3-c2ccc3oc4c(-n5c6ccccc6c6cc(-c7ccccc7)ccc65)cccc4c3c2)cc1. The Hall–Kier alpha value is -6.84. The molecule has 3 heterocycles. The Kier molecular flexibility index (Phi) is 5.96. The Balaban J connectivity index is 1.11. The molecule has 0 spiro atoms. The summed E-state index contributed by atoms with van der Waals surface area (Å²) in [5, 5.41) is 7.14. The van der Waals surface area contributed by atoms with Gasteiger partial charge < -0.3 is 13.6 Å². The number of aromatic nitrogens is 2. The van der Waals surface area contributed by atoms with E-state index >= 15 is 0 Å². The summed E-state index contributed by atoms with van der Waals surface area (Å²) in [5.74, 6) is 0. The molecule has 8 aromatic carbocycles. The van der Waals surface area contributed by atoms with Gasteiger partial charge in [0, 0.05) is 38.0 Å². The Labute approximate surface area is 293 Å². The van der Waals surface area contributed by atoms with Gasteiger partial charge in [0.05, 0.1) is 27.8 Å². The molecule has 3 aromatic heterocycles. The van der Waals surface area contributed by atoms with Gasteiger partial charge in [-0.25, -0.2) is 0 Å². The molecule has 0 fully saturated rings. The van der Waals surface area contributed by atoms with E-state index in [-0.39, 0.29) is 0 Å². The second-order valence-corrected chi connectivity index (χ2v) is 13.3. The van der Waals surface area contributed by atoms with Crippen molar-refractivity contribution in [2.75, 3.05) is 0 Å². The summed E-state index contributed by atoms with van der Waals surface area (Å²) in [6.45, 7) is 0. The number of furan rings is 1. The molecular weight excluding hydrogens is 621 g/mol. The summed E-state index contributed by atoms with van der Waals surface area (Å²) < 4.78 is 11.5. The summed E-state index contributed by atoms with van der Waals surface area (Å²) >= 11 is 0. The highest BCUT2D eigenvalue weighted by Gasteiger charge is 2.19. The van der Waals surface area contributed by atoms with Crippen LogP contribution in [0.25, 0.3) is 99.2 Å². The number of hydrogen-bond donors (Lipinski definition) is 0. The van der Waals surface area contributed by atoms with Gasteiger partial charge in [0.1, 0.15) is 5.58 Å². The molecule has 0 aliphatic rings. The van der Waals surface area contributed by atoms with Crippen molar-refractivity contribution in [3.05, 3.63) is 182 Å². The Morgan fingerprint density at radius 1 is 0.314 bits per heavy atom. The van der Waals surface area contributed by atoms with E-state index < -0.39 is 0 Å². The molecule has 11 rings (SSSR count). The summed E-state index contributed by atoms with van der Waals surface area (Å²) in [6.07, 6.45) is 0. The van der Waals surface area contributed by atoms with Crippen molar-refractivity contribution in [1.82, 2.24) is 9.13 Å². The van der Waals surface area contributed by atoms with E-state index in [0.29, 0.717) is 0 Å². The van der Waals surface area contributed by atoms with Crippen molar-refractivity contribution in [2.24, 2.45) is 0 Å². The lowest BCUT2D eigenvalue weighted by Crippen LogP contribution is -1.94. The topological polar surface area (TPSA) is 23.0 Å². The van der Waals surface area contributed by atoms with Gasteiger partial charge in [0.15, 0.2) is 5.58 Å². The lowest BCUT2D eigenvalue weighted by atomic mass is 10.0. The van der Waals surface area contributed by atoms with Gasteiger partial charge in [-0.3, -0.25) is 0 Å². The normalized spacial score (nSPS) is 11.9. The van der Waals surface area contributed by atoms with E-state index in [1.54, 1.807) is 0 Å². The van der Waals surface area contributed by atoms with Crippen LogP contribution in [-0.4, -0.2) is 9.13 Å². The standard InChI is InChI=1S/C48H30N2O/c1-3-12-31(13-4-1)33-22-25-44-39(28-33)36-16-7-9-19-42(36)49(44)35-24-27-47-41(30-35)38-18-11-21-46(48(38)51-47)50-43-20-10-8-17-37(43)40-29-34(23-26-45(40)50)32-14-5-2-6-15-32/h1-30H. The number of para-hydroxylation sites is 3. The lowest BCUT2D eigenvalue weighted by Gasteiger charge is -2.09. The Morgan fingerprint density at radius 2 is 0.843 bits per heavy atom. The van der Waals surface area contributed by atoms with Crippen LogP contribution in [0, 0.1) is 0 Å². The molecule has 51 heavy (non-hydrogen) atoms.